The van der Waals surface area contributed by atoms with Crippen LogP contribution < -0.4 is 10.6 Å². The van der Waals surface area contributed by atoms with Crippen molar-refractivity contribution in [3.63, 3.8) is 0 Å². The summed E-state index contributed by atoms with van der Waals surface area (Å²) in [4.78, 5) is 24.8. The van der Waals surface area contributed by atoms with Crippen molar-refractivity contribution in [1.82, 2.24) is 15.0 Å². The highest BCUT2D eigenvalue weighted by atomic mass is 19.4. The number of pyridine rings is 3. The standard InChI is InChI=1S/C23H22F3N5O2/c24-23(25,26)16-4-5-19(29-13-16)31-20-12-15(6-11-28-20)21(32)30-18-14-27-10-7-17(18)22(33)8-2-1-3-9-22/h4-7,10-14,33H,1-3,8-9H2,(H,30,32)(H,28,29,31). The number of carbonyl (C=O) groups is 1. The predicted molar refractivity (Wildman–Crippen MR) is 116 cm³/mol. The van der Waals surface area contributed by atoms with Gasteiger partial charge in [-0.25, -0.2) is 9.97 Å². The van der Waals surface area contributed by atoms with Crippen molar-refractivity contribution in [2.75, 3.05) is 10.6 Å². The number of anilines is 3. The molecule has 0 spiro atoms. The normalized spacial score (nSPS) is 15.6. The number of aliphatic hydroxyl groups is 1. The van der Waals surface area contributed by atoms with E-state index in [1.807, 2.05) is 0 Å². The first kappa shape index (κ1) is 22.7. The van der Waals surface area contributed by atoms with Gasteiger partial charge in [0.15, 0.2) is 0 Å². The molecule has 0 unspecified atom stereocenters. The Morgan fingerprint density at radius 1 is 0.970 bits per heavy atom. The van der Waals surface area contributed by atoms with Crippen LogP contribution in [0, 0.1) is 0 Å². The molecule has 0 radical (unpaired) electrons. The van der Waals surface area contributed by atoms with Crippen molar-refractivity contribution in [2.45, 2.75) is 43.9 Å². The van der Waals surface area contributed by atoms with E-state index in [1.54, 1.807) is 12.3 Å². The van der Waals surface area contributed by atoms with E-state index in [4.69, 9.17) is 0 Å². The van der Waals surface area contributed by atoms with Gasteiger partial charge in [0.25, 0.3) is 5.91 Å². The van der Waals surface area contributed by atoms with Gasteiger partial charge in [-0.1, -0.05) is 19.3 Å². The van der Waals surface area contributed by atoms with Crippen LogP contribution in [0.15, 0.2) is 55.1 Å². The minimum Gasteiger partial charge on any atom is -0.385 e. The lowest BCUT2D eigenvalue weighted by Crippen LogP contribution is -2.30. The van der Waals surface area contributed by atoms with Gasteiger partial charge < -0.3 is 15.7 Å². The van der Waals surface area contributed by atoms with E-state index in [2.05, 4.69) is 25.6 Å². The van der Waals surface area contributed by atoms with E-state index < -0.39 is 23.2 Å². The van der Waals surface area contributed by atoms with Crippen LogP contribution in [-0.2, 0) is 11.8 Å². The third kappa shape index (κ3) is 5.28. The molecule has 0 atom stereocenters. The Hall–Kier alpha value is -3.53. The molecule has 3 aromatic heterocycles. The van der Waals surface area contributed by atoms with Crippen LogP contribution in [0.1, 0.15) is 53.6 Å². The molecule has 0 aromatic carbocycles. The summed E-state index contributed by atoms with van der Waals surface area (Å²) in [7, 11) is 0. The fourth-order valence-corrected chi connectivity index (χ4v) is 3.91. The number of hydrogen-bond donors (Lipinski definition) is 3. The first-order valence-corrected chi connectivity index (χ1v) is 10.5. The van der Waals surface area contributed by atoms with Crippen molar-refractivity contribution in [2.24, 2.45) is 0 Å². The van der Waals surface area contributed by atoms with Gasteiger partial charge in [-0.2, -0.15) is 13.2 Å². The molecule has 33 heavy (non-hydrogen) atoms. The van der Waals surface area contributed by atoms with Crippen LogP contribution >= 0.6 is 0 Å². The molecule has 1 saturated carbocycles. The number of amides is 1. The Kier molecular flexibility index (Phi) is 6.28. The SMILES string of the molecule is O=C(Nc1cnccc1C1(O)CCCCC1)c1ccnc(Nc2ccc(C(F)(F)F)cn2)c1. The first-order chi connectivity index (χ1) is 15.7. The molecular weight excluding hydrogens is 435 g/mol. The Morgan fingerprint density at radius 3 is 2.45 bits per heavy atom. The third-order valence-corrected chi connectivity index (χ3v) is 5.62. The second kappa shape index (κ2) is 9.14. The zero-order valence-electron chi connectivity index (χ0n) is 17.6. The first-order valence-electron chi connectivity index (χ1n) is 10.5. The zero-order chi connectivity index (χ0) is 23.5. The second-order valence-corrected chi connectivity index (χ2v) is 7.95. The van der Waals surface area contributed by atoms with Crippen molar-refractivity contribution >= 4 is 23.2 Å². The average molecular weight is 457 g/mol. The molecule has 0 saturated heterocycles. The summed E-state index contributed by atoms with van der Waals surface area (Å²) in [5, 5.41) is 16.7. The van der Waals surface area contributed by atoms with E-state index in [9.17, 15) is 23.1 Å². The van der Waals surface area contributed by atoms with E-state index >= 15 is 0 Å². The van der Waals surface area contributed by atoms with Gasteiger partial charge in [-0.3, -0.25) is 9.78 Å². The quantitative estimate of drug-likeness (QED) is 0.497. The zero-order valence-corrected chi connectivity index (χ0v) is 17.6. The largest absolute Gasteiger partial charge is 0.417 e. The Balaban J connectivity index is 1.50. The number of rotatable bonds is 5. The molecule has 4 rings (SSSR count). The van der Waals surface area contributed by atoms with Gasteiger partial charge in [-0.05, 0) is 43.2 Å². The molecular formula is C23H22F3N5O2. The summed E-state index contributed by atoms with van der Waals surface area (Å²) in [6.07, 6.45) is 4.85. The highest BCUT2D eigenvalue weighted by Gasteiger charge is 2.34. The van der Waals surface area contributed by atoms with E-state index in [0.717, 1.165) is 31.5 Å². The fourth-order valence-electron chi connectivity index (χ4n) is 3.91. The van der Waals surface area contributed by atoms with Crippen molar-refractivity contribution < 1.29 is 23.1 Å². The maximum Gasteiger partial charge on any atom is 0.417 e. The van der Waals surface area contributed by atoms with Gasteiger partial charge in [0.05, 0.1) is 23.0 Å². The van der Waals surface area contributed by atoms with Crippen molar-refractivity contribution in [3.05, 3.63) is 71.8 Å². The van der Waals surface area contributed by atoms with Crippen LogP contribution in [0.4, 0.5) is 30.5 Å². The van der Waals surface area contributed by atoms with Crippen LogP contribution in [0.25, 0.3) is 0 Å². The minimum atomic E-state index is -4.47. The molecule has 3 heterocycles. The summed E-state index contributed by atoms with van der Waals surface area (Å²) < 4.78 is 38.1. The summed E-state index contributed by atoms with van der Waals surface area (Å²) in [6.45, 7) is 0. The van der Waals surface area contributed by atoms with Crippen molar-refractivity contribution in [1.29, 1.82) is 0 Å². The van der Waals surface area contributed by atoms with Crippen LogP contribution in [0.3, 0.4) is 0 Å². The Bertz CT molecular complexity index is 1130. The third-order valence-electron chi connectivity index (χ3n) is 5.62. The van der Waals surface area contributed by atoms with Gasteiger partial charge >= 0.3 is 6.18 Å². The molecule has 172 valence electrons. The molecule has 1 aliphatic carbocycles. The molecule has 1 aliphatic rings. The van der Waals surface area contributed by atoms with Crippen molar-refractivity contribution in [3.8, 4) is 0 Å². The molecule has 0 aliphatic heterocycles. The Morgan fingerprint density at radius 2 is 1.76 bits per heavy atom. The monoisotopic (exact) mass is 457 g/mol. The smallest absolute Gasteiger partial charge is 0.385 e. The minimum absolute atomic E-state index is 0.155. The lowest BCUT2D eigenvalue weighted by atomic mass is 9.79. The summed E-state index contributed by atoms with van der Waals surface area (Å²) in [5.41, 5.74) is -0.538. The molecule has 3 N–H and O–H groups in total. The number of hydrogen-bond acceptors (Lipinski definition) is 6. The number of nitrogens with one attached hydrogen (secondary N) is 2. The number of alkyl halides is 3. The summed E-state index contributed by atoms with van der Waals surface area (Å²) in [5.74, 6) is -0.0381. The fraction of sp³-hybridized carbons (Fsp3) is 0.304. The van der Waals surface area contributed by atoms with Gasteiger partial charge in [0.1, 0.15) is 11.6 Å². The van der Waals surface area contributed by atoms with Gasteiger partial charge in [0, 0.05) is 29.7 Å². The van der Waals surface area contributed by atoms with E-state index in [1.165, 1.54) is 30.6 Å². The maximum absolute atomic E-state index is 12.9. The number of carbonyl (C=O) groups excluding carboxylic acids is 1. The average Bonchev–Trinajstić information content (AvgIpc) is 2.80. The molecule has 10 heteroatoms. The topological polar surface area (TPSA) is 100 Å². The molecule has 1 amide bonds. The predicted octanol–water partition coefficient (Wildman–Crippen LogP) is 5.04. The Labute approximate surface area is 188 Å². The number of aromatic nitrogens is 3. The second-order valence-electron chi connectivity index (χ2n) is 7.95. The summed E-state index contributed by atoms with van der Waals surface area (Å²) >= 11 is 0. The summed E-state index contributed by atoms with van der Waals surface area (Å²) in [6, 6.07) is 6.78. The van der Waals surface area contributed by atoms with Crippen LogP contribution in [-0.4, -0.2) is 26.0 Å². The number of halogens is 3. The molecule has 7 nitrogen and oxygen atoms in total. The van der Waals surface area contributed by atoms with Crippen LogP contribution in [0.2, 0.25) is 0 Å². The van der Waals surface area contributed by atoms with Gasteiger partial charge in [-0.15, -0.1) is 0 Å². The highest BCUT2D eigenvalue weighted by Crippen LogP contribution is 2.40. The maximum atomic E-state index is 12.9. The number of nitrogens with zero attached hydrogens (tertiary/aromatic N) is 3. The molecule has 3 aromatic rings. The lowest BCUT2D eigenvalue weighted by molar-refractivity contribution is -0.137. The van der Waals surface area contributed by atoms with E-state index in [0.29, 0.717) is 24.1 Å². The van der Waals surface area contributed by atoms with Gasteiger partial charge in [0.2, 0.25) is 0 Å². The van der Waals surface area contributed by atoms with E-state index in [-0.39, 0.29) is 17.2 Å². The highest BCUT2D eigenvalue weighted by molar-refractivity contribution is 6.05. The molecule has 1 fully saturated rings. The van der Waals surface area contributed by atoms with Crippen LogP contribution in [0.5, 0.6) is 0 Å². The molecule has 0 bridgehead atoms. The lowest BCUT2D eigenvalue weighted by Gasteiger charge is -2.33.